The Morgan fingerprint density at radius 1 is 1.06 bits per heavy atom. The normalized spacial score (nSPS) is 10.7. The van der Waals surface area contributed by atoms with Gasteiger partial charge in [0.25, 0.3) is 0 Å². The van der Waals surface area contributed by atoms with Gasteiger partial charge >= 0.3 is 5.63 Å². The summed E-state index contributed by atoms with van der Waals surface area (Å²) in [6, 6.07) is 20.4. The molecule has 0 spiro atoms. The van der Waals surface area contributed by atoms with E-state index in [4.69, 9.17) is 9.15 Å². The van der Waals surface area contributed by atoms with Gasteiger partial charge in [-0.15, -0.1) is 0 Å². The molecule has 0 fully saturated rings. The Bertz CT molecular complexity index is 1250. The first-order chi connectivity index (χ1) is 15.1. The van der Waals surface area contributed by atoms with Gasteiger partial charge in [-0.05, 0) is 41.3 Å². The molecule has 1 N–H and O–H groups in total. The summed E-state index contributed by atoms with van der Waals surface area (Å²) in [4.78, 5) is 28.7. The van der Waals surface area contributed by atoms with Crippen LogP contribution >= 0.6 is 0 Å². The van der Waals surface area contributed by atoms with Crippen molar-refractivity contribution < 1.29 is 13.9 Å². The van der Waals surface area contributed by atoms with Gasteiger partial charge in [-0.1, -0.05) is 36.4 Å². The van der Waals surface area contributed by atoms with Gasteiger partial charge < -0.3 is 14.5 Å². The number of aryl methyl sites for hydroxylation is 1. The van der Waals surface area contributed by atoms with Crippen molar-refractivity contribution in [2.24, 2.45) is 0 Å². The molecule has 0 radical (unpaired) electrons. The molecule has 4 rings (SSSR count). The monoisotopic (exact) mass is 414 g/mol. The van der Waals surface area contributed by atoms with Gasteiger partial charge in [0.05, 0.1) is 19.3 Å². The number of methoxy groups -OCH3 is 1. The van der Waals surface area contributed by atoms with Crippen molar-refractivity contribution in [1.29, 1.82) is 0 Å². The van der Waals surface area contributed by atoms with Gasteiger partial charge in [0.1, 0.15) is 11.3 Å². The van der Waals surface area contributed by atoms with Gasteiger partial charge in [0, 0.05) is 30.1 Å². The zero-order valence-corrected chi connectivity index (χ0v) is 17.1. The van der Waals surface area contributed by atoms with Crippen molar-refractivity contribution in [2.45, 2.75) is 19.4 Å². The second kappa shape index (κ2) is 9.26. The Kier molecular flexibility index (Phi) is 6.08. The summed E-state index contributed by atoms with van der Waals surface area (Å²) in [6.07, 6.45) is 2.48. The van der Waals surface area contributed by atoms with Crippen molar-refractivity contribution in [3.63, 3.8) is 0 Å². The van der Waals surface area contributed by atoms with Crippen LogP contribution in [-0.4, -0.2) is 18.0 Å². The molecule has 2 heterocycles. The molecule has 0 aliphatic carbocycles. The minimum Gasteiger partial charge on any atom is -0.496 e. The van der Waals surface area contributed by atoms with Crippen LogP contribution in [0, 0.1) is 0 Å². The van der Waals surface area contributed by atoms with E-state index in [-0.39, 0.29) is 5.91 Å². The summed E-state index contributed by atoms with van der Waals surface area (Å²) in [6.45, 7) is 0.387. The SMILES string of the molecule is COc1cc2oc(=O)cc(-c3ccccc3)c2cc1CCC(=O)NCc1ccccn1. The molecule has 156 valence electrons. The lowest BCUT2D eigenvalue weighted by Gasteiger charge is -2.12. The molecule has 0 saturated carbocycles. The summed E-state index contributed by atoms with van der Waals surface area (Å²) in [5, 5.41) is 3.69. The maximum absolute atomic E-state index is 12.3. The first kappa shape index (κ1) is 20.3. The highest BCUT2D eigenvalue weighted by Crippen LogP contribution is 2.32. The average Bonchev–Trinajstić information content (AvgIpc) is 2.81. The molecule has 1 amide bonds. The summed E-state index contributed by atoms with van der Waals surface area (Å²) >= 11 is 0. The predicted octanol–water partition coefficient (Wildman–Crippen LogP) is 4.11. The van der Waals surface area contributed by atoms with E-state index in [0.717, 1.165) is 27.8 Å². The van der Waals surface area contributed by atoms with Gasteiger partial charge in [-0.2, -0.15) is 0 Å². The number of nitrogens with zero attached hydrogens (tertiary/aromatic N) is 1. The third-order valence-electron chi connectivity index (χ3n) is 5.04. The maximum Gasteiger partial charge on any atom is 0.336 e. The van der Waals surface area contributed by atoms with Crippen molar-refractivity contribution >= 4 is 16.9 Å². The van der Waals surface area contributed by atoms with Gasteiger partial charge in [-0.3, -0.25) is 9.78 Å². The molecular weight excluding hydrogens is 392 g/mol. The maximum atomic E-state index is 12.3. The number of carbonyl (C=O) groups is 1. The topological polar surface area (TPSA) is 81.4 Å². The lowest BCUT2D eigenvalue weighted by Crippen LogP contribution is -2.23. The van der Waals surface area contributed by atoms with Crippen molar-refractivity contribution in [3.05, 3.63) is 94.6 Å². The lowest BCUT2D eigenvalue weighted by atomic mass is 9.98. The number of nitrogens with one attached hydrogen (secondary N) is 1. The highest BCUT2D eigenvalue weighted by atomic mass is 16.5. The van der Waals surface area contributed by atoms with E-state index in [1.165, 1.54) is 6.07 Å². The molecule has 6 nitrogen and oxygen atoms in total. The van der Waals surface area contributed by atoms with Crippen LogP contribution in [0.5, 0.6) is 5.75 Å². The van der Waals surface area contributed by atoms with Crippen molar-refractivity contribution in [2.75, 3.05) is 7.11 Å². The highest BCUT2D eigenvalue weighted by molar-refractivity contribution is 5.94. The number of hydrogen-bond acceptors (Lipinski definition) is 5. The zero-order chi connectivity index (χ0) is 21.6. The molecule has 4 aromatic rings. The second-order valence-electron chi connectivity index (χ2n) is 7.10. The van der Waals surface area contributed by atoms with E-state index in [1.54, 1.807) is 19.4 Å². The number of pyridine rings is 1. The Morgan fingerprint density at radius 3 is 2.61 bits per heavy atom. The molecule has 0 aliphatic heterocycles. The minimum absolute atomic E-state index is 0.0734. The number of benzene rings is 2. The lowest BCUT2D eigenvalue weighted by molar-refractivity contribution is -0.121. The number of ether oxygens (including phenoxy) is 1. The van der Waals surface area contributed by atoms with Gasteiger partial charge in [0.2, 0.25) is 5.91 Å². The number of fused-ring (bicyclic) bond motifs is 1. The predicted molar refractivity (Wildman–Crippen MR) is 119 cm³/mol. The minimum atomic E-state index is -0.421. The molecule has 2 aromatic carbocycles. The first-order valence-corrected chi connectivity index (χ1v) is 10.0. The number of amides is 1. The third kappa shape index (κ3) is 4.80. The second-order valence-corrected chi connectivity index (χ2v) is 7.10. The Morgan fingerprint density at radius 2 is 1.87 bits per heavy atom. The summed E-state index contributed by atoms with van der Waals surface area (Å²) in [7, 11) is 1.56. The highest BCUT2D eigenvalue weighted by Gasteiger charge is 2.14. The summed E-state index contributed by atoms with van der Waals surface area (Å²) < 4.78 is 10.9. The van der Waals surface area contributed by atoms with Gasteiger partial charge in [0.15, 0.2) is 0 Å². The number of rotatable bonds is 7. The number of carbonyl (C=O) groups excluding carboxylic acids is 1. The average molecular weight is 414 g/mol. The standard InChI is InChI=1S/C25H22N2O4/c1-30-22-15-23-21(20(14-25(29)31-23)17-7-3-2-4-8-17)13-18(22)10-11-24(28)27-16-19-9-5-6-12-26-19/h2-9,12-15H,10-11,16H2,1H3,(H,27,28). The molecule has 0 bridgehead atoms. The van der Waals surface area contributed by atoms with E-state index in [1.807, 2.05) is 54.6 Å². The summed E-state index contributed by atoms with van der Waals surface area (Å²) in [5.41, 5.74) is 3.41. The molecule has 0 saturated heterocycles. The number of hydrogen-bond donors (Lipinski definition) is 1. The van der Waals surface area contributed by atoms with Crippen LogP contribution in [0.3, 0.4) is 0 Å². The quantitative estimate of drug-likeness (QED) is 0.460. The van der Waals surface area contributed by atoms with Crippen molar-refractivity contribution in [3.8, 4) is 16.9 Å². The van der Waals surface area contributed by atoms with Crippen LogP contribution < -0.4 is 15.7 Å². The van der Waals surface area contributed by atoms with Crippen LogP contribution in [0.4, 0.5) is 0 Å². The van der Waals surface area contributed by atoms with E-state index >= 15 is 0 Å². The van der Waals surface area contributed by atoms with Crippen LogP contribution in [-0.2, 0) is 17.8 Å². The Balaban J connectivity index is 1.59. The Labute approximate surface area is 179 Å². The third-order valence-corrected chi connectivity index (χ3v) is 5.04. The fourth-order valence-corrected chi connectivity index (χ4v) is 3.50. The van der Waals surface area contributed by atoms with Crippen LogP contribution in [0.25, 0.3) is 22.1 Å². The molecule has 0 atom stereocenters. The van der Waals surface area contributed by atoms with Crippen LogP contribution in [0.15, 0.2) is 82.1 Å². The summed E-state index contributed by atoms with van der Waals surface area (Å²) in [5.74, 6) is 0.508. The van der Waals surface area contributed by atoms with Gasteiger partial charge in [-0.25, -0.2) is 4.79 Å². The first-order valence-electron chi connectivity index (χ1n) is 10.0. The molecule has 31 heavy (non-hydrogen) atoms. The van der Waals surface area contributed by atoms with Crippen molar-refractivity contribution in [1.82, 2.24) is 10.3 Å². The molecule has 0 unspecified atom stereocenters. The molecular formula is C25H22N2O4. The van der Waals surface area contributed by atoms with Crippen LogP contribution in [0.1, 0.15) is 17.7 Å². The van der Waals surface area contributed by atoms with Crippen LogP contribution in [0.2, 0.25) is 0 Å². The van der Waals surface area contributed by atoms with E-state index in [9.17, 15) is 9.59 Å². The van der Waals surface area contributed by atoms with E-state index in [0.29, 0.717) is 30.7 Å². The molecule has 0 aliphatic rings. The smallest absolute Gasteiger partial charge is 0.336 e. The fraction of sp³-hybridized carbons (Fsp3) is 0.160. The zero-order valence-electron chi connectivity index (χ0n) is 17.1. The van der Waals surface area contributed by atoms with E-state index in [2.05, 4.69) is 10.3 Å². The number of aromatic nitrogens is 1. The van der Waals surface area contributed by atoms with E-state index < -0.39 is 5.63 Å². The largest absolute Gasteiger partial charge is 0.496 e. The Hall–Kier alpha value is -3.93. The molecule has 2 aromatic heterocycles. The fourth-order valence-electron chi connectivity index (χ4n) is 3.50. The molecule has 6 heteroatoms.